The summed E-state index contributed by atoms with van der Waals surface area (Å²) >= 11 is 0. The van der Waals surface area contributed by atoms with Gasteiger partial charge in [0.1, 0.15) is 0 Å². The van der Waals surface area contributed by atoms with E-state index in [0.29, 0.717) is 29.6 Å². The smallest absolute Gasteiger partial charge is 0.254 e. The normalized spacial score (nSPS) is 23.5. The van der Waals surface area contributed by atoms with E-state index in [-0.39, 0.29) is 11.8 Å². The van der Waals surface area contributed by atoms with Crippen molar-refractivity contribution in [1.82, 2.24) is 9.80 Å². The molecule has 2 amide bonds. The van der Waals surface area contributed by atoms with Crippen molar-refractivity contribution in [2.45, 2.75) is 57.5 Å². The molecule has 5 rings (SSSR count). The standard InChI is InChI=1S/C26H30N2O2/c29-25(27-17-15-19-6-1-2-8-23(19)18-27)21-11-13-22(14-12-21)26(30)28-16-5-9-20-7-3-4-10-24(20)28/h1-2,6,8,11-14,20,24H,3-5,7,9-10,15-18H2/t20?,24-/m0/s1. The fourth-order valence-corrected chi connectivity index (χ4v) is 5.65. The second kappa shape index (κ2) is 8.25. The summed E-state index contributed by atoms with van der Waals surface area (Å²) in [6.07, 6.45) is 8.22. The minimum Gasteiger partial charge on any atom is -0.335 e. The van der Waals surface area contributed by atoms with Gasteiger partial charge in [-0.2, -0.15) is 0 Å². The van der Waals surface area contributed by atoms with Crippen LogP contribution in [0.5, 0.6) is 0 Å². The molecule has 30 heavy (non-hydrogen) atoms. The lowest BCUT2D eigenvalue weighted by molar-refractivity contribution is 0.0390. The maximum absolute atomic E-state index is 13.2. The van der Waals surface area contributed by atoms with Crippen LogP contribution in [0.1, 0.15) is 70.4 Å². The Hall–Kier alpha value is -2.62. The van der Waals surface area contributed by atoms with Crippen molar-refractivity contribution in [3.8, 4) is 0 Å². The molecule has 0 aromatic heterocycles. The van der Waals surface area contributed by atoms with Gasteiger partial charge in [0.2, 0.25) is 0 Å². The van der Waals surface area contributed by atoms with Gasteiger partial charge in [-0.15, -0.1) is 0 Å². The highest BCUT2D eigenvalue weighted by atomic mass is 16.2. The van der Waals surface area contributed by atoms with Gasteiger partial charge in [-0.1, -0.05) is 37.1 Å². The molecule has 2 aromatic carbocycles. The lowest BCUT2D eigenvalue weighted by Crippen LogP contribution is -2.49. The zero-order chi connectivity index (χ0) is 20.5. The highest BCUT2D eigenvalue weighted by Crippen LogP contribution is 2.36. The Morgan fingerprint density at radius 3 is 2.20 bits per heavy atom. The molecule has 2 fully saturated rings. The van der Waals surface area contributed by atoms with Crippen molar-refractivity contribution in [1.29, 1.82) is 0 Å². The Kier molecular flexibility index (Phi) is 5.32. The molecule has 1 unspecified atom stereocenters. The summed E-state index contributed by atoms with van der Waals surface area (Å²) in [6, 6.07) is 16.1. The molecule has 156 valence electrons. The van der Waals surface area contributed by atoms with E-state index in [1.165, 1.54) is 36.8 Å². The number of carbonyl (C=O) groups excluding carboxylic acids is 2. The molecular formula is C26H30N2O2. The number of likely N-dealkylation sites (tertiary alicyclic amines) is 1. The maximum Gasteiger partial charge on any atom is 0.254 e. The molecule has 0 radical (unpaired) electrons. The van der Waals surface area contributed by atoms with Crippen molar-refractivity contribution in [3.05, 3.63) is 70.8 Å². The topological polar surface area (TPSA) is 40.6 Å². The van der Waals surface area contributed by atoms with E-state index in [1.54, 1.807) is 0 Å². The Bertz CT molecular complexity index is 934. The van der Waals surface area contributed by atoms with E-state index in [2.05, 4.69) is 23.1 Å². The molecule has 4 nitrogen and oxygen atoms in total. The molecule has 2 aliphatic heterocycles. The lowest BCUT2D eigenvalue weighted by Gasteiger charge is -2.44. The molecule has 1 saturated carbocycles. The Morgan fingerprint density at radius 2 is 1.40 bits per heavy atom. The number of fused-ring (bicyclic) bond motifs is 2. The van der Waals surface area contributed by atoms with Gasteiger partial charge in [0.05, 0.1) is 0 Å². The van der Waals surface area contributed by atoms with Crippen LogP contribution in [0.3, 0.4) is 0 Å². The zero-order valence-electron chi connectivity index (χ0n) is 17.6. The van der Waals surface area contributed by atoms with Crippen molar-refractivity contribution in [2.75, 3.05) is 13.1 Å². The van der Waals surface area contributed by atoms with Gasteiger partial charge in [-0.3, -0.25) is 9.59 Å². The predicted molar refractivity (Wildman–Crippen MR) is 117 cm³/mol. The summed E-state index contributed by atoms with van der Waals surface area (Å²) in [5.41, 5.74) is 3.95. The number of hydrogen-bond acceptors (Lipinski definition) is 2. The molecule has 1 aliphatic carbocycles. The summed E-state index contributed by atoms with van der Waals surface area (Å²) in [4.78, 5) is 30.2. The second-order valence-corrected chi connectivity index (χ2v) is 9.08. The Labute approximate surface area is 178 Å². The van der Waals surface area contributed by atoms with Crippen molar-refractivity contribution in [2.24, 2.45) is 5.92 Å². The molecule has 3 aliphatic rings. The monoisotopic (exact) mass is 402 g/mol. The lowest BCUT2D eigenvalue weighted by atomic mass is 9.78. The molecule has 0 bridgehead atoms. The SMILES string of the molecule is O=C(c1ccc(C(=O)N2CCCC3CCCC[C@@H]32)cc1)N1CCc2ccccc2C1. The van der Waals surface area contributed by atoms with Crippen LogP contribution < -0.4 is 0 Å². The molecule has 0 N–H and O–H groups in total. The molecule has 2 atom stereocenters. The van der Waals surface area contributed by atoms with E-state index in [9.17, 15) is 9.59 Å². The number of piperidine rings is 1. The van der Waals surface area contributed by atoms with Crippen LogP contribution in [-0.4, -0.2) is 40.7 Å². The van der Waals surface area contributed by atoms with E-state index in [1.807, 2.05) is 35.2 Å². The van der Waals surface area contributed by atoms with Crippen LogP contribution in [0.25, 0.3) is 0 Å². The average molecular weight is 403 g/mol. The van der Waals surface area contributed by atoms with Crippen molar-refractivity contribution in [3.63, 3.8) is 0 Å². The molecular weight excluding hydrogens is 372 g/mol. The highest BCUT2D eigenvalue weighted by Gasteiger charge is 2.36. The first kappa shape index (κ1) is 19.3. The van der Waals surface area contributed by atoms with E-state index in [4.69, 9.17) is 0 Å². The maximum atomic E-state index is 13.2. The average Bonchev–Trinajstić information content (AvgIpc) is 2.82. The number of rotatable bonds is 2. The van der Waals surface area contributed by atoms with Crippen LogP contribution in [0.2, 0.25) is 0 Å². The second-order valence-electron chi connectivity index (χ2n) is 9.08. The zero-order valence-corrected chi connectivity index (χ0v) is 17.6. The number of amides is 2. The number of carbonyl (C=O) groups is 2. The molecule has 1 saturated heterocycles. The fraction of sp³-hybridized carbons (Fsp3) is 0.462. The van der Waals surface area contributed by atoms with Gasteiger partial charge in [-0.05, 0) is 73.4 Å². The first-order valence-corrected chi connectivity index (χ1v) is 11.5. The van der Waals surface area contributed by atoms with Gasteiger partial charge in [0.25, 0.3) is 11.8 Å². The summed E-state index contributed by atoms with van der Waals surface area (Å²) in [5, 5.41) is 0. The summed E-state index contributed by atoms with van der Waals surface area (Å²) in [7, 11) is 0. The first-order chi connectivity index (χ1) is 14.7. The molecule has 2 heterocycles. The highest BCUT2D eigenvalue weighted by molar-refractivity contribution is 5.98. The number of benzene rings is 2. The summed E-state index contributed by atoms with van der Waals surface area (Å²) in [5.74, 6) is 0.866. The predicted octanol–water partition coefficient (Wildman–Crippen LogP) is 4.68. The van der Waals surface area contributed by atoms with E-state index < -0.39 is 0 Å². The third kappa shape index (κ3) is 3.64. The quantitative estimate of drug-likeness (QED) is 0.732. The minimum absolute atomic E-state index is 0.0498. The fourth-order valence-electron chi connectivity index (χ4n) is 5.65. The Morgan fingerprint density at radius 1 is 0.733 bits per heavy atom. The van der Waals surface area contributed by atoms with Crippen molar-refractivity contribution < 1.29 is 9.59 Å². The van der Waals surface area contributed by atoms with E-state index in [0.717, 1.165) is 32.4 Å². The first-order valence-electron chi connectivity index (χ1n) is 11.5. The summed E-state index contributed by atoms with van der Waals surface area (Å²) in [6.45, 7) is 2.27. The van der Waals surface area contributed by atoms with Gasteiger partial charge >= 0.3 is 0 Å². The van der Waals surface area contributed by atoms with Crippen LogP contribution in [0.15, 0.2) is 48.5 Å². The van der Waals surface area contributed by atoms with Gasteiger partial charge < -0.3 is 9.80 Å². The molecule has 2 aromatic rings. The van der Waals surface area contributed by atoms with Crippen LogP contribution in [-0.2, 0) is 13.0 Å². The van der Waals surface area contributed by atoms with Crippen LogP contribution in [0, 0.1) is 5.92 Å². The third-order valence-corrected chi connectivity index (χ3v) is 7.30. The molecule has 0 spiro atoms. The van der Waals surface area contributed by atoms with Crippen molar-refractivity contribution >= 4 is 11.8 Å². The third-order valence-electron chi connectivity index (χ3n) is 7.30. The van der Waals surface area contributed by atoms with E-state index >= 15 is 0 Å². The van der Waals surface area contributed by atoms with Gasteiger partial charge in [0.15, 0.2) is 0 Å². The number of hydrogen-bond donors (Lipinski definition) is 0. The minimum atomic E-state index is 0.0498. The van der Waals surface area contributed by atoms with Gasteiger partial charge in [0, 0.05) is 36.8 Å². The van der Waals surface area contributed by atoms with Crippen LogP contribution >= 0.6 is 0 Å². The van der Waals surface area contributed by atoms with Crippen LogP contribution in [0.4, 0.5) is 0 Å². The number of nitrogens with zero attached hydrogens (tertiary/aromatic N) is 2. The summed E-state index contributed by atoms with van der Waals surface area (Å²) < 4.78 is 0. The molecule has 4 heteroatoms. The largest absolute Gasteiger partial charge is 0.335 e. The van der Waals surface area contributed by atoms with Gasteiger partial charge in [-0.25, -0.2) is 0 Å². The Balaban J connectivity index is 1.28.